The molecule has 0 spiro atoms. The maximum absolute atomic E-state index is 5.46. The second-order valence-corrected chi connectivity index (χ2v) is 8.23. The van der Waals surface area contributed by atoms with Crippen molar-refractivity contribution in [3.05, 3.63) is 35.4 Å². The topological polar surface area (TPSA) is 48.9 Å². The van der Waals surface area contributed by atoms with Gasteiger partial charge >= 0.3 is 0 Å². The molecule has 1 aliphatic carbocycles. The van der Waals surface area contributed by atoms with Crippen LogP contribution in [-0.2, 0) is 17.8 Å². The van der Waals surface area contributed by atoms with Gasteiger partial charge in [-0.3, -0.25) is 9.89 Å². The van der Waals surface area contributed by atoms with Crippen LogP contribution in [0.3, 0.4) is 0 Å². The van der Waals surface area contributed by atoms with E-state index in [4.69, 9.17) is 4.74 Å². The fourth-order valence-corrected chi connectivity index (χ4v) is 4.53. The molecule has 27 heavy (non-hydrogen) atoms. The van der Waals surface area contributed by atoms with E-state index in [2.05, 4.69) is 51.0 Å². The molecule has 0 amide bonds. The molecular formula is C20H33IN4OS. The Hall–Kier alpha value is -0.510. The van der Waals surface area contributed by atoms with Gasteiger partial charge in [-0.05, 0) is 36.6 Å². The third kappa shape index (κ3) is 7.11. The van der Waals surface area contributed by atoms with Crippen LogP contribution in [0.1, 0.15) is 30.4 Å². The number of aliphatic imine (C=N–C) groups is 1. The Kier molecular flexibility index (Phi) is 10.2. The van der Waals surface area contributed by atoms with Gasteiger partial charge in [0.05, 0.1) is 13.2 Å². The van der Waals surface area contributed by atoms with Gasteiger partial charge in [0.2, 0.25) is 0 Å². The summed E-state index contributed by atoms with van der Waals surface area (Å²) in [4.78, 5) is 6.89. The van der Waals surface area contributed by atoms with Crippen LogP contribution in [0.15, 0.2) is 29.3 Å². The highest BCUT2D eigenvalue weighted by Gasteiger charge is 2.24. The molecule has 3 rings (SSSR count). The van der Waals surface area contributed by atoms with Gasteiger partial charge in [0.15, 0.2) is 5.96 Å². The highest BCUT2D eigenvalue weighted by molar-refractivity contribution is 14.0. The molecule has 1 saturated heterocycles. The summed E-state index contributed by atoms with van der Waals surface area (Å²) in [6.45, 7) is 5.52. The van der Waals surface area contributed by atoms with Crippen LogP contribution in [0.5, 0.6) is 0 Å². The number of nitrogens with zero attached hydrogens (tertiary/aromatic N) is 2. The van der Waals surface area contributed by atoms with Crippen molar-refractivity contribution in [3.8, 4) is 0 Å². The maximum Gasteiger partial charge on any atom is 0.191 e. The van der Waals surface area contributed by atoms with E-state index in [1.54, 1.807) is 0 Å². The molecule has 1 saturated carbocycles. The summed E-state index contributed by atoms with van der Waals surface area (Å²) in [5, 5.41) is 7.90. The van der Waals surface area contributed by atoms with E-state index in [-0.39, 0.29) is 24.0 Å². The molecule has 2 N–H and O–H groups in total. The van der Waals surface area contributed by atoms with Gasteiger partial charge in [0.25, 0.3) is 0 Å². The molecule has 2 atom stereocenters. The predicted molar refractivity (Wildman–Crippen MR) is 126 cm³/mol. The molecule has 2 aliphatic rings. The van der Waals surface area contributed by atoms with Crippen LogP contribution in [0.2, 0.25) is 0 Å². The van der Waals surface area contributed by atoms with Gasteiger partial charge in [-0.25, -0.2) is 0 Å². The Balaban J connectivity index is 0.00000261. The lowest BCUT2D eigenvalue weighted by Crippen LogP contribution is -2.42. The van der Waals surface area contributed by atoms with Crippen LogP contribution >= 0.6 is 35.7 Å². The molecule has 0 bridgehead atoms. The number of hydrogen-bond acceptors (Lipinski definition) is 4. The molecule has 1 aliphatic heterocycles. The van der Waals surface area contributed by atoms with Crippen LogP contribution in [-0.4, -0.2) is 61.8 Å². The SMILES string of the molecule is CN=C(NCc1ccccc1CN1CCOCC1)NC1CCC(SC)C1.I. The number of thioether (sulfide) groups is 1. The van der Waals surface area contributed by atoms with Crippen molar-refractivity contribution in [2.75, 3.05) is 39.6 Å². The number of halogens is 1. The zero-order chi connectivity index (χ0) is 18.2. The first-order valence-electron chi connectivity index (χ1n) is 9.65. The molecule has 7 heteroatoms. The van der Waals surface area contributed by atoms with Crippen LogP contribution in [0, 0.1) is 0 Å². The zero-order valence-electron chi connectivity index (χ0n) is 16.4. The van der Waals surface area contributed by atoms with Gasteiger partial charge in [0.1, 0.15) is 0 Å². The van der Waals surface area contributed by atoms with Gasteiger partial charge < -0.3 is 15.4 Å². The van der Waals surface area contributed by atoms with Gasteiger partial charge in [0, 0.05) is 44.5 Å². The standard InChI is InChI=1S/C20H32N4OS.HI/c1-21-20(23-18-7-8-19(13-18)26-2)22-14-16-5-3-4-6-17(16)15-24-9-11-25-12-10-24;/h3-6,18-19H,7-15H2,1-2H3,(H2,21,22,23);1H. The third-order valence-corrected chi connectivity index (χ3v) is 6.44. The molecule has 0 aromatic heterocycles. The van der Waals surface area contributed by atoms with Crippen molar-refractivity contribution >= 4 is 41.7 Å². The van der Waals surface area contributed by atoms with Crippen LogP contribution in [0.25, 0.3) is 0 Å². The highest BCUT2D eigenvalue weighted by atomic mass is 127. The summed E-state index contributed by atoms with van der Waals surface area (Å²) >= 11 is 1.99. The first-order valence-corrected chi connectivity index (χ1v) is 10.9. The predicted octanol–water partition coefficient (Wildman–Crippen LogP) is 3.09. The summed E-state index contributed by atoms with van der Waals surface area (Å²) in [5.41, 5.74) is 2.73. The maximum atomic E-state index is 5.46. The smallest absolute Gasteiger partial charge is 0.191 e. The average molecular weight is 504 g/mol. The number of guanidine groups is 1. The van der Waals surface area contributed by atoms with Gasteiger partial charge in [-0.2, -0.15) is 11.8 Å². The minimum absolute atomic E-state index is 0. The first-order chi connectivity index (χ1) is 12.8. The molecule has 1 heterocycles. The number of morpholine rings is 1. The molecule has 0 radical (unpaired) electrons. The second-order valence-electron chi connectivity index (χ2n) is 7.10. The second kappa shape index (κ2) is 12.1. The summed E-state index contributed by atoms with van der Waals surface area (Å²) in [5.74, 6) is 0.915. The number of nitrogens with one attached hydrogen (secondary N) is 2. The number of hydrogen-bond donors (Lipinski definition) is 2. The Labute approximate surface area is 185 Å². The number of benzene rings is 1. The minimum Gasteiger partial charge on any atom is -0.379 e. The van der Waals surface area contributed by atoms with E-state index < -0.39 is 0 Å². The fourth-order valence-electron chi connectivity index (χ4n) is 3.74. The van der Waals surface area contributed by atoms with E-state index in [9.17, 15) is 0 Å². The molecule has 5 nitrogen and oxygen atoms in total. The Bertz CT molecular complexity index is 595. The Morgan fingerprint density at radius 2 is 1.96 bits per heavy atom. The van der Waals surface area contributed by atoms with E-state index in [0.29, 0.717) is 6.04 Å². The quantitative estimate of drug-likeness (QED) is 0.355. The van der Waals surface area contributed by atoms with Crippen LogP contribution in [0.4, 0.5) is 0 Å². The molecule has 1 aromatic carbocycles. The van der Waals surface area contributed by atoms with E-state index in [1.807, 2.05) is 18.8 Å². The average Bonchev–Trinajstić information content (AvgIpc) is 3.14. The zero-order valence-corrected chi connectivity index (χ0v) is 19.6. The lowest BCUT2D eigenvalue weighted by Gasteiger charge is -2.27. The van der Waals surface area contributed by atoms with Gasteiger partial charge in [-0.15, -0.1) is 24.0 Å². The van der Waals surface area contributed by atoms with E-state index >= 15 is 0 Å². The van der Waals surface area contributed by atoms with E-state index in [1.165, 1.54) is 30.4 Å². The minimum atomic E-state index is 0. The summed E-state index contributed by atoms with van der Waals surface area (Å²) < 4.78 is 5.46. The third-order valence-electron chi connectivity index (χ3n) is 5.34. The van der Waals surface area contributed by atoms with E-state index in [0.717, 1.165) is 50.6 Å². The summed E-state index contributed by atoms with van der Waals surface area (Å²) in [6, 6.07) is 9.25. The summed E-state index contributed by atoms with van der Waals surface area (Å²) in [7, 11) is 1.86. The Morgan fingerprint density at radius 3 is 2.63 bits per heavy atom. The largest absolute Gasteiger partial charge is 0.379 e. The monoisotopic (exact) mass is 504 g/mol. The van der Waals surface area contributed by atoms with Crippen molar-refractivity contribution in [1.29, 1.82) is 0 Å². The summed E-state index contributed by atoms with van der Waals surface area (Å²) in [6.07, 6.45) is 5.99. The molecule has 1 aromatic rings. The lowest BCUT2D eigenvalue weighted by molar-refractivity contribution is 0.0341. The van der Waals surface area contributed by atoms with Crippen molar-refractivity contribution in [1.82, 2.24) is 15.5 Å². The van der Waals surface area contributed by atoms with Gasteiger partial charge in [-0.1, -0.05) is 24.3 Å². The highest BCUT2D eigenvalue weighted by Crippen LogP contribution is 2.28. The number of rotatable bonds is 6. The van der Waals surface area contributed by atoms with Crippen molar-refractivity contribution in [3.63, 3.8) is 0 Å². The fraction of sp³-hybridized carbons (Fsp3) is 0.650. The normalized spacial score (nSPS) is 23.7. The van der Waals surface area contributed by atoms with Crippen molar-refractivity contribution < 1.29 is 4.74 Å². The van der Waals surface area contributed by atoms with Crippen molar-refractivity contribution in [2.45, 2.75) is 43.6 Å². The molecule has 2 unspecified atom stereocenters. The first kappa shape index (κ1) is 22.8. The van der Waals surface area contributed by atoms with Crippen LogP contribution < -0.4 is 10.6 Å². The Morgan fingerprint density at radius 1 is 1.22 bits per heavy atom. The molecule has 152 valence electrons. The number of ether oxygens (including phenoxy) is 1. The lowest BCUT2D eigenvalue weighted by atomic mass is 10.1. The molecular weight excluding hydrogens is 471 g/mol. The van der Waals surface area contributed by atoms with Crippen molar-refractivity contribution in [2.24, 2.45) is 4.99 Å². The molecule has 2 fully saturated rings.